The van der Waals surface area contributed by atoms with Gasteiger partial charge in [-0.15, -0.1) is 0 Å². The van der Waals surface area contributed by atoms with Crippen molar-refractivity contribution >= 4 is 5.88 Å². The maximum Gasteiger partial charge on any atom is 0.248 e. The average Bonchev–Trinajstić information content (AvgIpc) is 2.60. The van der Waals surface area contributed by atoms with Crippen LogP contribution in [-0.4, -0.2) is 10.1 Å². The third kappa shape index (κ3) is 2.38. The number of H-pyrrole nitrogens is 1. The number of anilines is 1. The molecule has 0 amide bonds. The van der Waals surface area contributed by atoms with E-state index >= 15 is 0 Å². The van der Waals surface area contributed by atoms with Crippen molar-refractivity contribution in [3.63, 3.8) is 0 Å². The summed E-state index contributed by atoms with van der Waals surface area (Å²) in [6, 6.07) is 4.91. The van der Waals surface area contributed by atoms with Gasteiger partial charge in [0.25, 0.3) is 0 Å². The van der Waals surface area contributed by atoms with E-state index in [4.69, 9.17) is 10.3 Å². The third-order valence-corrected chi connectivity index (χ3v) is 2.45. The van der Waals surface area contributed by atoms with E-state index in [1.54, 1.807) is 12.1 Å². The lowest BCUT2D eigenvalue weighted by Crippen LogP contribution is -2.05. The second-order valence-corrected chi connectivity index (χ2v) is 4.40. The lowest BCUT2D eigenvalue weighted by atomic mass is 10.0. The SMILES string of the molecule is CC(C)Cc1c(-c2cccc(=O)[nH]2)noc1N. The van der Waals surface area contributed by atoms with Crippen molar-refractivity contribution in [2.24, 2.45) is 5.92 Å². The van der Waals surface area contributed by atoms with Crippen LogP contribution in [0.1, 0.15) is 19.4 Å². The zero-order valence-corrected chi connectivity index (χ0v) is 9.86. The molecule has 3 N–H and O–H groups in total. The topological polar surface area (TPSA) is 84.9 Å². The highest BCUT2D eigenvalue weighted by Gasteiger charge is 2.16. The number of aromatic amines is 1. The first-order valence-electron chi connectivity index (χ1n) is 5.51. The highest BCUT2D eigenvalue weighted by molar-refractivity contribution is 5.63. The van der Waals surface area contributed by atoms with Crippen LogP contribution in [0.3, 0.4) is 0 Å². The van der Waals surface area contributed by atoms with Gasteiger partial charge in [-0.05, 0) is 18.4 Å². The van der Waals surface area contributed by atoms with Gasteiger partial charge in [0.1, 0.15) is 5.69 Å². The number of hydrogen-bond acceptors (Lipinski definition) is 4. The van der Waals surface area contributed by atoms with E-state index in [1.807, 2.05) is 0 Å². The lowest BCUT2D eigenvalue weighted by Gasteiger charge is -2.04. The summed E-state index contributed by atoms with van der Waals surface area (Å²) in [6.07, 6.45) is 0.765. The van der Waals surface area contributed by atoms with Gasteiger partial charge in [0, 0.05) is 11.6 Å². The fourth-order valence-electron chi connectivity index (χ4n) is 1.72. The predicted octanol–water partition coefficient (Wildman–Crippen LogP) is 1.81. The Morgan fingerprint density at radius 2 is 2.24 bits per heavy atom. The molecule has 0 unspecified atom stereocenters. The molecule has 0 aliphatic carbocycles. The van der Waals surface area contributed by atoms with Crippen molar-refractivity contribution in [2.75, 3.05) is 5.73 Å². The van der Waals surface area contributed by atoms with Crippen molar-refractivity contribution in [1.29, 1.82) is 0 Å². The number of rotatable bonds is 3. The molecule has 2 rings (SSSR count). The van der Waals surface area contributed by atoms with E-state index in [9.17, 15) is 4.79 Å². The van der Waals surface area contributed by atoms with Crippen LogP contribution in [0.5, 0.6) is 0 Å². The maximum atomic E-state index is 11.3. The quantitative estimate of drug-likeness (QED) is 0.846. The molecule has 0 bridgehead atoms. The van der Waals surface area contributed by atoms with Crippen LogP contribution in [-0.2, 0) is 6.42 Å². The maximum absolute atomic E-state index is 11.3. The molecule has 5 nitrogen and oxygen atoms in total. The number of pyridine rings is 1. The third-order valence-electron chi connectivity index (χ3n) is 2.45. The largest absolute Gasteiger partial charge is 0.367 e. The van der Waals surface area contributed by atoms with E-state index in [-0.39, 0.29) is 5.56 Å². The number of hydrogen-bond donors (Lipinski definition) is 2. The molecule has 2 aromatic rings. The van der Waals surface area contributed by atoms with Crippen molar-refractivity contribution in [3.05, 3.63) is 34.1 Å². The summed E-state index contributed by atoms with van der Waals surface area (Å²) in [5.74, 6) is 0.754. The highest BCUT2D eigenvalue weighted by Crippen LogP contribution is 2.27. The fourth-order valence-corrected chi connectivity index (χ4v) is 1.72. The van der Waals surface area contributed by atoms with Gasteiger partial charge in [0.15, 0.2) is 0 Å². The van der Waals surface area contributed by atoms with Gasteiger partial charge in [-0.2, -0.15) is 0 Å². The van der Waals surface area contributed by atoms with Gasteiger partial charge in [0.2, 0.25) is 11.4 Å². The Morgan fingerprint density at radius 3 is 2.88 bits per heavy atom. The number of nitrogens with zero attached hydrogens (tertiary/aromatic N) is 1. The van der Waals surface area contributed by atoms with E-state index in [0.29, 0.717) is 23.2 Å². The fraction of sp³-hybridized carbons (Fsp3) is 0.333. The molecule has 5 heteroatoms. The summed E-state index contributed by atoms with van der Waals surface area (Å²) < 4.78 is 5.00. The summed E-state index contributed by atoms with van der Waals surface area (Å²) in [5, 5.41) is 3.91. The monoisotopic (exact) mass is 233 g/mol. The first kappa shape index (κ1) is 11.4. The number of nitrogens with one attached hydrogen (secondary N) is 1. The first-order chi connectivity index (χ1) is 8.08. The zero-order chi connectivity index (χ0) is 12.4. The second kappa shape index (κ2) is 4.45. The summed E-state index contributed by atoms with van der Waals surface area (Å²) in [7, 11) is 0. The zero-order valence-electron chi connectivity index (χ0n) is 9.86. The number of nitrogen functional groups attached to an aromatic ring is 1. The Balaban J connectivity index is 2.49. The first-order valence-corrected chi connectivity index (χ1v) is 5.51. The van der Waals surface area contributed by atoms with E-state index in [2.05, 4.69) is 24.0 Å². The van der Waals surface area contributed by atoms with Gasteiger partial charge in [-0.3, -0.25) is 4.79 Å². The summed E-state index contributed by atoms with van der Waals surface area (Å²) in [6.45, 7) is 4.17. The molecule has 0 spiro atoms. The second-order valence-electron chi connectivity index (χ2n) is 4.40. The molecule has 0 aliphatic heterocycles. The van der Waals surface area contributed by atoms with Gasteiger partial charge in [-0.25, -0.2) is 0 Å². The van der Waals surface area contributed by atoms with Crippen LogP contribution in [0.2, 0.25) is 0 Å². The summed E-state index contributed by atoms with van der Waals surface area (Å²) in [4.78, 5) is 14.0. The number of aromatic nitrogens is 2. The molecule has 90 valence electrons. The van der Waals surface area contributed by atoms with Crippen molar-refractivity contribution in [2.45, 2.75) is 20.3 Å². The van der Waals surface area contributed by atoms with Crippen molar-refractivity contribution < 1.29 is 4.52 Å². The molecule has 17 heavy (non-hydrogen) atoms. The van der Waals surface area contributed by atoms with Gasteiger partial charge in [-0.1, -0.05) is 25.1 Å². The molecule has 0 saturated heterocycles. The van der Waals surface area contributed by atoms with Crippen LogP contribution >= 0.6 is 0 Å². The van der Waals surface area contributed by atoms with Crippen LogP contribution in [0, 0.1) is 5.92 Å². The molecule has 2 heterocycles. The smallest absolute Gasteiger partial charge is 0.248 e. The Labute approximate surface area is 98.6 Å². The van der Waals surface area contributed by atoms with Crippen molar-refractivity contribution in [1.82, 2.24) is 10.1 Å². The van der Waals surface area contributed by atoms with Gasteiger partial charge < -0.3 is 15.2 Å². The Bertz CT molecular complexity index is 569. The standard InChI is InChI=1S/C12H15N3O2/c1-7(2)6-8-11(15-17-12(8)13)9-4-3-5-10(16)14-9/h3-5,7H,6,13H2,1-2H3,(H,14,16). The van der Waals surface area contributed by atoms with E-state index in [0.717, 1.165) is 12.0 Å². The van der Waals surface area contributed by atoms with Gasteiger partial charge in [0.05, 0.1) is 5.69 Å². The highest BCUT2D eigenvalue weighted by atomic mass is 16.5. The average molecular weight is 233 g/mol. The number of nitrogens with two attached hydrogens (primary N) is 1. The van der Waals surface area contributed by atoms with Crippen molar-refractivity contribution in [3.8, 4) is 11.4 Å². The van der Waals surface area contributed by atoms with E-state index in [1.165, 1.54) is 6.07 Å². The molecule has 2 aromatic heterocycles. The minimum Gasteiger partial charge on any atom is -0.367 e. The lowest BCUT2D eigenvalue weighted by molar-refractivity contribution is 0.438. The molecule has 0 atom stereocenters. The molecule has 0 radical (unpaired) electrons. The Morgan fingerprint density at radius 1 is 1.47 bits per heavy atom. The minimum absolute atomic E-state index is 0.167. The van der Waals surface area contributed by atoms with Gasteiger partial charge >= 0.3 is 0 Å². The molecule has 0 aliphatic rings. The molecule has 0 aromatic carbocycles. The Kier molecular flexibility index (Phi) is 2.99. The summed E-state index contributed by atoms with van der Waals surface area (Å²) in [5.41, 5.74) is 7.68. The molecular weight excluding hydrogens is 218 g/mol. The minimum atomic E-state index is -0.167. The Hall–Kier alpha value is -2.04. The van der Waals surface area contributed by atoms with Crippen LogP contribution in [0.25, 0.3) is 11.4 Å². The molecular formula is C12H15N3O2. The van der Waals surface area contributed by atoms with Crippen LogP contribution in [0.15, 0.2) is 27.5 Å². The van der Waals surface area contributed by atoms with Crippen LogP contribution < -0.4 is 11.3 Å². The van der Waals surface area contributed by atoms with E-state index < -0.39 is 0 Å². The predicted molar refractivity (Wildman–Crippen MR) is 65.5 cm³/mol. The van der Waals surface area contributed by atoms with Crippen LogP contribution in [0.4, 0.5) is 5.88 Å². The summed E-state index contributed by atoms with van der Waals surface area (Å²) >= 11 is 0. The molecule has 0 fully saturated rings. The normalized spacial score (nSPS) is 11.0. The molecule has 0 saturated carbocycles.